The number of aryl methyl sites for hydroxylation is 2. The predicted molar refractivity (Wildman–Crippen MR) is 153 cm³/mol. The fourth-order valence-corrected chi connectivity index (χ4v) is 6.82. The van der Waals surface area contributed by atoms with E-state index in [0.29, 0.717) is 30.1 Å². The maximum Gasteiger partial charge on any atom is 0.317 e. The van der Waals surface area contributed by atoms with Gasteiger partial charge in [0.25, 0.3) is 6.43 Å². The molecule has 2 aliphatic heterocycles. The third-order valence-electron chi connectivity index (χ3n) is 9.00. The number of amides is 2. The number of halogens is 2. The molecule has 6 rings (SSSR count). The topological polar surface area (TPSA) is 79.4 Å². The van der Waals surface area contributed by atoms with E-state index in [1.807, 2.05) is 11.0 Å². The lowest BCUT2D eigenvalue weighted by Gasteiger charge is -2.38. The van der Waals surface area contributed by atoms with Crippen LogP contribution in [-0.2, 0) is 26.4 Å². The molecule has 1 saturated carbocycles. The summed E-state index contributed by atoms with van der Waals surface area (Å²) >= 11 is 0. The Morgan fingerprint density at radius 1 is 1.05 bits per heavy atom. The summed E-state index contributed by atoms with van der Waals surface area (Å²) in [5, 5.41) is 6.98. The molecule has 1 fully saturated rings. The van der Waals surface area contributed by atoms with E-state index in [-0.39, 0.29) is 17.6 Å². The molecular weight excluding hydrogens is 510 g/mol. The first-order chi connectivity index (χ1) is 19.3. The fraction of sp³-hybridized carbons (Fsp3) is 0.484. The molecule has 3 aliphatic rings. The van der Waals surface area contributed by atoms with Crippen molar-refractivity contribution in [1.82, 2.24) is 20.0 Å². The highest BCUT2D eigenvalue weighted by atomic mass is 19.3. The Morgan fingerprint density at radius 2 is 1.85 bits per heavy atom. The number of anilines is 2. The number of aromatic nitrogens is 2. The number of nitrogens with two attached hydrogens (primary N) is 1. The lowest BCUT2D eigenvalue weighted by Crippen LogP contribution is -2.42. The highest BCUT2D eigenvalue weighted by molar-refractivity contribution is 5.79. The first-order valence-corrected chi connectivity index (χ1v) is 14.4. The summed E-state index contributed by atoms with van der Waals surface area (Å²) in [6.45, 7) is 1.90. The van der Waals surface area contributed by atoms with Crippen LogP contribution in [0.15, 0.2) is 36.7 Å². The summed E-state index contributed by atoms with van der Waals surface area (Å²) in [4.78, 5) is 16.7. The Kier molecular flexibility index (Phi) is 7.25. The van der Waals surface area contributed by atoms with Gasteiger partial charge in [0.1, 0.15) is 0 Å². The molecule has 0 atom stereocenters. The molecule has 3 heterocycles. The molecule has 2 amide bonds. The number of fused-ring (bicyclic) bond motifs is 2. The van der Waals surface area contributed by atoms with Crippen molar-refractivity contribution < 1.29 is 13.6 Å². The van der Waals surface area contributed by atoms with Crippen molar-refractivity contribution in [1.29, 1.82) is 0 Å². The van der Waals surface area contributed by atoms with Crippen LogP contribution in [0.2, 0.25) is 0 Å². The smallest absolute Gasteiger partial charge is 0.317 e. The van der Waals surface area contributed by atoms with Gasteiger partial charge in [0, 0.05) is 68.5 Å². The molecule has 0 bridgehead atoms. The van der Waals surface area contributed by atoms with Crippen LogP contribution in [0.1, 0.15) is 72.3 Å². The largest absolute Gasteiger partial charge is 0.341 e. The zero-order chi connectivity index (χ0) is 28.0. The Hall–Kier alpha value is -3.46. The Labute approximate surface area is 234 Å². The number of benzene rings is 2. The lowest BCUT2D eigenvalue weighted by molar-refractivity contribution is 0.152. The fourth-order valence-electron chi connectivity index (χ4n) is 6.82. The summed E-state index contributed by atoms with van der Waals surface area (Å²) in [5.41, 5.74) is 14.1. The van der Waals surface area contributed by atoms with Crippen molar-refractivity contribution in [3.05, 3.63) is 64.5 Å². The number of rotatable bonds is 4. The zero-order valence-corrected chi connectivity index (χ0v) is 23.3. The molecular formula is C31H38F2N6O. The van der Waals surface area contributed by atoms with E-state index in [1.165, 1.54) is 11.1 Å². The monoisotopic (exact) mass is 548 g/mol. The maximum absolute atomic E-state index is 14.5. The standard InChI is InChI=1S/C31H38F2N6O/c1-35-31(40)38-11-9-20-12-22(19-5-7-24(34)8-6-19)14-29(27(20)18-38)39-10-3-4-21-13-25(23-16-36-37(2)17-23)26(30(32)33)15-28(21)39/h12-17,19,24,30H,3-11,18,34H2,1-2H3,(H,35,40). The van der Waals surface area contributed by atoms with Crippen molar-refractivity contribution in [2.75, 3.05) is 25.0 Å². The molecule has 3 N–H and O–H groups in total. The van der Waals surface area contributed by atoms with Gasteiger partial charge in [-0.3, -0.25) is 4.68 Å². The van der Waals surface area contributed by atoms with Crippen molar-refractivity contribution in [2.45, 2.75) is 69.9 Å². The number of hydrogen-bond acceptors (Lipinski definition) is 4. The van der Waals surface area contributed by atoms with Crippen LogP contribution >= 0.6 is 0 Å². The van der Waals surface area contributed by atoms with E-state index in [4.69, 9.17) is 5.73 Å². The number of nitrogens with zero attached hydrogens (tertiary/aromatic N) is 4. The van der Waals surface area contributed by atoms with Gasteiger partial charge < -0.3 is 20.9 Å². The van der Waals surface area contributed by atoms with E-state index >= 15 is 0 Å². The molecule has 0 spiro atoms. The van der Waals surface area contributed by atoms with Crippen molar-refractivity contribution >= 4 is 17.4 Å². The highest BCUT2D eigenvalue weighted by Gasteiger charge is 2.31. The number of alkyl halides is 2. The van der Waals surface area contributed by atoms with Gasteiger partial charge in [-0.1, -0.05) is 6.07 Å². The quantitative estimate of drug-likeness (QED) is 0.433. The van der Waals surface area contributed by atoms with E-state index in [0.717, 1.165) is 74.0 Å². The summed E-state index contributed by atoms with van der Waals surface area (Å²) in [6.07, 6.45) is 7.51. The molecule has 0 unspecified atom stereocenters. The zero-order valence-electron chi connectivity index (χ0n) is 23.3. The van der Waals surface area contributed by atoms with E-state index in [2.05, 4.69) is 27.4 Å². The summed E-state index contributed by atoms with van der Waals surface area (Å²) < 4.78 is 30.7. The molecule has 1 aliphatic carbocycles. The van der Waals surface area contributed by atoms with Crippen LogP contribution in [-0.4, -0.2) is 46.9 Å². The van der Waals surface area contributed by atoms with Crippen LogP contribution in [0.25, 0.3) is 11.1 Å². The molecule has 3 aromatic rings. The molecule has 0 radical (unpaired) electrons. The minimum Gasteiger partial charge on any atom is -0.341 e. The Bertz CT molecular complexity index is 1410. The van der Waals surface area contributed by atoms with Gasteiger partial charge in [-0.05, 0) is 96.9 Å². The Morgan fingerprint density at radius 3 is 2.55 bits per heavy atom. The van der Waals surface area contributed by atoms with Crippen molar-refractivity contribution in [2.24, 2.45) is 12.8 Å². The molecule has 9 heteroatoms. The minimum absolute atomic E-state index is 0.0249. The van der Waals surface area contributed by atoms with Gasteiger partial charge in [0.15, 0.2) is 0 Å². The molecule has 0 saturated heterocycles. The van der Waals surface area contributed by atoms with Crippen molar-refractivity contribution in [3.8, 4) is 11.1 Å². The predicted octanol–water partition coefficient (Wildman–Crippen LogP) is 5.79. The summed E-state index contributed by atoms with van der Waals surface area (Å²) in [7, 11) is 3.45. The average molecular weight is 549 g/mol. The van der Waals surface area contributed by atoms with Crippen LogP contribution in [0, 0.1) is 0 Å². The van der Waals surface area contributed by atoms with Crippen LogP contribution in [0.3, 0.4) is 0 Å². The van der Waals surface area contributed by atoms with E-state index < -0.39 is 6.43 Å². The SMILES string of the molecule is CNC(=O)N1CCc2cc(C3CCC(N)CC3)cc(N3CCCc4cc(-c5cnn(C)c5)c(C(F)F)cc43)c2C1. The first-order valence-electron chi connectivity index (χ1n) is 14.4. The molecule has 40 heavy (non-hydrogen) atoms. The minimum atomic E-state index is -2.61. The van der Waals surface area contributed by atoms with E-state index in [1.54, 1.807) is 37.2 Å². The number of carbonyl (C=O) groups excluding carboxylic acids is 1. The number of nitrogens with one attached hydrogen (secondary N) is 1. The number of urea groups is 1. The number of hydrogen-bond donors (Lipinski definition) is 2. The summed E-state index contributed by atoms with van der Waals surface area (Å²) in [6, 6.07) is 8.42. The summed E-state index contributed by atoms with van der Waals surface area (Å²) in [5.74, 6) is 0.440. The Balaban J connectivity index is 1.47. The van der Waals surface area contributed by atoms with Gasteiger partial charge in [-0.15, -0.1) is 0 Å². The molecule has 1 aromatic heterocycles. The lowest BCUT2D eigenvalue weighted by atomic mass is 9.80. The normalized spacial score (nSPS) is 20.9. The third-order valence-corrected chi connectivity index (χ3v) is 9.00. The van der Waals surface area contributed by atoms with Crippen LogP contribution < -0.4 is 16.0 Å². The third kappa shape index (κ3) is 4.96. The second-order valence-electron chi connectivity index (χ2n) is 11.5. The van der Waals surface area contributed by atoms with Gasteiger partial charge in [-0.25, -0.2) is 13.6 Å². The van der Waals surface area contributed by atoms with Gasteiger partial charge in [-0.2, -0.15) is 5.10 Å². The van der Waals surface area contributed by atoms with Gasteiger partial charge in [0.2, 0.25) is 0 Å². The molecule has 2 aromatic carbocycles. The second kappa shape index (κ2) is 10.8. The van der Waals surface area contributed by atoms with Crippen LogP contribution in [0.5, 0.6) is 0 Å². The van der Waals surface area contributed by atoms with Crippen LogP contribution in [0.4, 0.5) is 25.0 Å². The van der Waals surface area contributed by atoms with E-state index in [9.17, 15) is 13.6 Å². The second-order valence-corrected chi connectivity index (χ2v) is 11.5. The molecule has 212 valence electrons. The first kappa shape index (κ1) is 26.7. The maximum atomic E-state index is 14.5. The van der Waals surface area contributed by atoms with Gasteiger partial charge in [0.05, 0.1) is 6.20 Å². The number of carbonyl (C=O) groups is 1. The van der Waals surface area contributed by atoms with Gasteiger partial charge >= 0.3 is 6.03 Å². The van der Waals surface area contributed by atoms with Crippen molar-refractivity contribution in [3.63, 3.8) is 0 Å². The highest BCUT2D eigenvalue weighted by Crippen LogP contribution is 2.45. The average Bonchev–Trinajstić information content (AvgIpc) is 3.41. The molecule has 7 nitrogen and oxygen atoms in total.